The summed E-state index contributed by atoms with van der Waals surface area (Å²) in [5, 5.41) is 1.55. The molecule has 0 saturated carbocycles. The van der Waals surface area contributed by atoms with Crippen molar-refractivity contribution in [3.8, 4) is 11.3 Å². The lowest BCUT2D eigenvalue weighted by Crippen LogP contribution is -2.46. The van der Waals surface area contributed by atoms with Gasteiger partial charge in [0.15, 0.2) is 6.20 Å². The van der Waals surface area contributed by atoms with Crippen molar-refractivity contribution in [2.45, 2.75) is 40.4 Å². The SMILES string of the molecule is Cc1ccc(C)c(-c2cc(C)c([Si](C)(C)C)c[n+]2C)c1. The lowest BCUT2D eigenvalue weighted by molar-refractivity contribution is -0.659. The van der Waals surface area contributed by atoms with Gasteiger partial charge in [0, 0.05) is 16.8 Å². The molecule has 0 aliphatic heterocycles. The Balaban J connectivity index is 2.65. The predicted octanol–water partition coefficient (Wildman–Crippen LogP) is 3.65. The number of nitrogens with zero attached hydrogens (tertiary/aromatic N) is 1. The van der Waals surface area contributed by atoms with E-state index in [0.29, 0.717) is 0 Å². The molecule has 0 unspecified atom stereocenters. The molecule has 2 heteroatoms. The van der Waals surface area contributed by atoms with Crippen LogP contribution in [0.5, 0.6) is 0 Å². The van der Waals surface area contributed by atoms with E-state index in [2.05, 4.69) is 82.5 Å². The van der Waals surface area contributed by atoms with Crippen molar-refractivity contribution in [3.63, 3.8) is 0 Å². The van der Waals surface area contributed by atoms with Gasteiger partial charge in [-0.15, -0.1) is 0 Å². The summed E-state index contributed by atoms with van der Waals surface area (Å²) in [6.07, 6.45) is 2.35. The van der Waals surface area contributed by atoms with Gasteiger partial charge in [0.25, 0.3) is 0 Å². The molecule has 0 atom stereocenters. The monoisotopic (exact) mass is 284 g/mol. The Morgan fingerprint density at radius 2 is 1.55 bits per heavy atom. The van der Waals surface area contributed by atoms with E-state index >= 15 is 0 Å². The maximum absolute atomic E-state index is 2.41. The van der Waals surface area contributed by atoms with E-state index in [-0.39, 0.29) is 0 Å². The van der Waals surface area contributed by atoms with Crippen LogP contribution in [0.4, 0.5) is 0 Å². The van der Waals surface area contributed by atoms with Crippen molar-refractivity contribution in [2.75, 3.05) is 0 Å². The van der Waals surface area contributed by atoms with Crippen LogP contribution in [0.15, 0.2) is 30.5 Å². The van der Waals surface area contributed by atoms with Gasteiger partial charge in [-0.25, -0.2) is 4.57 Å². The first-order valence-corrected chi connectivity index (χ1v) is 10.8. The van der Waals surface area contributed by atoms with E-state index in [1.54, 1.807) is 5.19 Å². The molecule has 0 bridgehead atoms. The van der Waals surface area contributed by atoms with Gasteiger partial charge in [-0.1, -0.05) is 37.3 Å². The summed E-state index contributed by atoms with van der Waals surface area (Å²) in [6.45, 7) is 13.8. The molecule has 2 rings (SSSR count). The van der Waals surface area contributed by atoms with E-state index in [4.69, 9.17) is 0 Å². The van der Waals surface area contributed by atoms with Crippen LogP contribution < -0.4 is 9.75 Å². The summed E-state index contributed by atoms with van der Waals surface area (Å²) in [6, 6.07) is 9.04. The number of hydrogen-bond donors (Lipinski definition) is 0. The molecular weight excluding hydrogens is 258 g/mol. The second kappa shape index (κ2) is 5.17. The Morgan fingerprint density at radius 3 is 2.15 bits per heavy atom. The number of rotatable bonds is 2. The summed E-state index contributed by atoms with van der Waals surface area (Å²) >= 11 is 0. The Labute approximate surface area is 124 Å². The molecule has 0 radical (unpaired) electrons. The van der Waals surface area contributed by atoms with Crippen LogP contribution >= 0.6 is 0 Å². The highest BCUT2D eigenvalue weighted by molar-refractivity contribution is 6.88. The van der Waals surface area contributed by atoms with Crippen molar-refractivity contribution >= 4 is 13.3 Å². The van der Waals surface area contributed by atoms with Gasteiger partial charge in [0.2, 0.25) is 5.69 Å². The summed E-state index contributed by atoms with van der Waals surface area (Å²) in [5.74, 6) is 0. The highest BCUT2D eigenvalue weighted by Crippen LogP contribution is 2.22. The first kappa shape index (κ1) is 15.0. The minimum Gasteiger partial charge on any atom is -0.201 e. The zero-order chi connectivity index (χ0) is 15.1. The van der Waals surface area contributed by atoms with Gasteiger partial charge in [-0.2, -0.15) is 0 Å². The highest BCUT2D eigenvalue weighted by atomic mass is 28.3. The first-order chi connectivity index (χ1) is 9.20. The van der Waals surface area contributed by atoms with Crippen LogP contribution in [0.3, 0.4) is 0 Å². The van der Waals surface area contributed by atoms with Crippen molar-refractivity contribution in [1.82, 2.24) is 0 Å². The standard InChI is InChI=1S/C18H26NSi/c1-13-8-9-14(2)16(10-13)17-11-15(3)18(12-19(17)4)20(5,6)7/h8-12H,1-7H3/q+1. The Morgan fingerprint density at radius 1 is 0.900 bits per heavy atom. The fraction of sp³-hybridized carbons (Fsp3) is 0.389. The van der Waals surface area contributed by atoms with Crippen LogP contribution in [-0.2, 0) is 7.05 Å². The second-order valence-corrected chi connectivity index (χ2v) is 12.0. The summed E-state index contributed by atoms with van der Waals surface area (Å²) in [4.78, 5) is 0. The number of pyridine rings is 1. The van der Waals surface area contributed by atoms with Crippen molar-refractivity contribution in [2.24, 2.45) is 7.05 Å². The van der Waals surface area contributed by atoms with E-state index in [1.807, 2.05) is 0 Å². The first-order valence-electron chi connectivity index (χ1n) is 7.28. The zero-order valence-electron chi connectivity index (χ0n) is 13.8. The molecule has 2 aromatic rings. The maximum Gasteiger partial charge on any atom is 0.212 e. The van der Waals surface area contributed by atoms with Gasteiger partial charge in [0.05, 0.1) is 8.07 Å². The Bertz CT molecular complexity index is 651. The molecule has 1 heterocycles. The van der Waals surface area contributed by atoms with E-state index in [9.17, 15) is 0 Å². The molecule has 1 aromatic carbocycles. The third-order valence-electron chi connectivity index (χ3n) is 3.96. The molecular formula is C18H26NSi+. The van der Waals surface area contributed by atoms with Crippen molar-refractivity contribution in [3.05, 3.63) is 47.2 Å². The molecule has 0 fully saturated rings. The molecule has 1 aromatic heterocycles. The van der Waals surface area contributed by atoms with Crippen LogP contribution in [0.1, 0.15) is 16.7 Å². The van der Waals surface area contributed by atoms with E-state index in [0.717, 1.165) is 0 Å². The predicted molar refractivity (Wildman–Crippen MR) is 90.2 cm³/mol. The average molecular weight is 284 g/mol. The van der Waals surface area contributed by atoms with E-state index in [1.165, 1.54) is 27.9 Å². The van der Waals surface area contributed by atoms with Gasteiger partial charge >= 0.3 is 0 Å². The minimum absolute atomic E-state index is 1.28. The van der Waals surface area contributed by atoms with E-state index < -0.39 is 8.07 Å². The van der Waals surface area contributed by atoms with Crippen LogP contribution in [0.25, 0.3) is 11.3 Å². The second-order valence-electron chi connectivity index (χ2n) is 6.93. The molecule has 1 nitrogen and oxygen atoms in total. The quantitative estimate of drug-likeness (QED) is 0.585. The topological polar surface area (TPSA) is 3.88 Å². The summed E-state index contributed by atoms with van der Waals surface area (Å²) in [7, 11) is 0.888. The number of aryl methyl sites for hydroxylation is 4. The fourth-order valence-corrected chi connectivity index (χ4v) is 4.65. The van der Waals surface area contributed by atoms with Gasteiger partial charge < -0.3 is 0 Å². The minimum atomic E-state index is -1.28. The Kier molecular flexibility index (Phi) is 3.87. The fourth-order valence-electron chi connectivity index (χ4n) is 2.81. The molecule has 106 valence electrons. The largest absolute Gasteiger partial charge is 0.212 e. The highest BCUT2D eigenvalue weighted by Gasteiger charge is 2.24. The maximum atomic E-state index is 2.41. The molecule has 0 spiro atoms. The van der Waals surface area contributed by atoms with Crippen LogP contribution in [0, 0.1) is 20.8 Å². The van der Waals surface area contributed by atoms with Gasteiger partial charge in [-0.05, 0) is 38.0 Å². The van der Waals surface area contributed by atoms with Gasteiger partial charge in [-0.3, -0.25) is 0 Å². The number of benzene rings is 1. The number of hydrogen-bond acceptors (Lipinski definition) is 0. The smallest absolute Gasteiger partial charge is 0.201 e. The Hall–Kier alpha value is -1.41. The van der Waals surface area contributed by atoms with Crippen molar-refractivity contribution in [1.29, 1.82) is 0 Å². The van der Waals surface area contributed by atoms with Crippen LogP contribution in [-0.4, -0.2) is 8.07 Å². The zero-order valence-corrected chi connectivity index (χ0v) is 14.8. The molecule has 0 amide bonds. The summed E-state index contributed by atoms with van der Waals surface area (Å²) in [5.41, 5.74) is 6.74. The molecule has 0 saturated heterocycles. The molecule has 0 N–H and O–H groups in total. The van der Waals surface area contributed by atoms with Crippen molar-refractivity contribution < 1.29 is 4.57 Å². The molecule has 20 heavy (non-hydrogen) atoms. The third-order valence-corrected chi connectivity index (χ3v) is 6.10. The lowest BCUT2D eigenvalue weighted by atomic mass is 10.0. The molecule has 0 aliphatic rings. The average Bonchev–Trinajstić information content (AvgIpc) is 2.33. The van der Waals surface area contributed by atoms with Gasteiger partial charge in [0.1, 0.15) is 7.05 Å². The normalized spacial score (nSPS) is 11.8. The third kappa shape index (κ3) is 2.85. The molecule has 0 aliphatic carbocycles. The van der Waals surface area contributed by atoms with Crippen LogP contribution in [0.2, 0.25) is 19.6 Å². The number of aromatic nitrogens is 1. The summed E-state index contributed by atoms with van der Waals surface area (Å²) < 4.78 is 2.29. The lowest BCUT2D eigenvalue weighted by Gasteiger charge is -2.18.